The fourth-order valence-electron chi connectivity index (χ4n) is 3.82. The van der Waals surface area contributed by atoms with Gasteiger partial charge < -0.3 is 9.73 Å². The van der Waals surface area contributed by atoms with E-state index in [9.17, 15) is 9.59 Å². The molecule has 0 saturated heterocycles. The standard InChI is InChI=1S/C21H17NO3S2/c1-11-6-7-13-15(10-26-17(13)8-11)19(23)22-20-18-14(9-27-20)12-4-2-3-5-16(12)25-21(18)24/h2-5,9-11H,6-8H2,1H3,(H,22,23)/t11-/m0/s1. The van der Waals surface area contributed by atoms with Crippen LogP contribution in [-0.2, 0) is 12.8 Å². The van der Waals surface area contributed by atoms with Gasteiger partial charge in [-0.15, -0.1) is 22.7 Å². The molecule has 1 amide bonds. The molecular weight excluding hydrogens is 378 g/mol. The average Bonchev–Trinajstić information content (AvgIpc) is 3.26. The van der Waals surface area contributed by atoms with Crippen molar-refractivity contribution in [1.29, 1.82) is 0 Å². The van der Waals surface area contributed by atoms with Crippen molar-refractivity contribution in [3.63, 3.8) is 0 Å². The van der Waals surface area contributed by atoms with E-state index < -0.39 is 5.63 Å². The first-order valence-corrected chi connectivity index (χ1v) is 10.7. The number of rotatable bonds is 2. The number of carbonyl (C=O) groups excluding carboxylic acids is 1. The first kappa shape index (κ1) is 16.7. The van der Waals surface area contributed by atoms with Gasteiger partial charge in [0.15, 0.2) is 0 Å². The van der Waals surface area contributed by atoms with Crippen molar-refractivity contribution in [2.75, 3.05) is 5.32 Å². The van der Waals surface area contributed by atoms with Gasteiger partial charge in [-0.3, -0.25) is 4.79 Å². The molecule has 0 aliphatic heterocycles. The molecule has 6 heteroatoms. The molecule has 0 bridgehead atoms. The van der Waals surface area contributed by atoms with Crippen molar-refractivity contribution in [3.8, 4) is 0 Å². The molecule has 0 radical (unpaired) electrons. The van der Waals surface area contributed by atoms with Crippen LogP contribution in [-0.4, -0.2) is 5.91 Å². The molecule has 0 spiro atoms. The maximum absolute atomic E-state index is 12.9. The summed E-state index contributed by atoms with van der Waals surface area (Å²) in [6.45, 7) is 2.25. The second-order valence-electron chi connectivity index (χ2n) is 7.09. The molecule has 4 aromatic rings. The van der Waals surface area contributed by atoms with Crippen LogP contribution in [0.15, 0.2) is 44.2 Å². The van der Waals surface area contributed by atoms with Gasteiger partial charge >= 0.3 is 5.63 Å². The lowest BCUT2D eigenvalue weighted by Crippen LogP contribution is -2.16. The molecule has 1 aromatic carbocycles. The number of nitrogens with one attached hydrogen (secondary N) is 1. The molecule has 0 unspecified atom stereocenters. The van der Waals surface area contributed by atoms with Crippen LogP contribution in [0.3, 0.4) is 0 Å². The number of carbonyl (C=O) groups is 1. The molecule has 5 rings (SSSR count). The van der Waals surface area contributed by atoms with Gasteiger partial charge in [-0.05, 0) is 36.8 Å². The first-order valence-electron chi connectivity index (χ1n) is 8.95. The molecule has 4 nitrogen and oxygen atoms in total. The number of para-hydroxylation sites is 1. The van der Waals surface area contributed by atoms with E-state index in [4.69, 9.17) is 4.42 Å². The number of fused-ring (bicyclic) bond motifs is 4. The third-order valence-corrected chi connectivity index (χ3v) is 7.20. The maximum Gasteiger partial charge on any atom is 0.347 e. The zero-order chi connectivity index (χ0) is 18.5. The number of hydrogen-bond donors (Lipinski definition) is 1. The Hall–Kier alpha value is -2.44. The average molecular weight is 396 g/mol. The van der Waals surface area contributed by atoms with Gasteiger partial charge in [-0.1, -0.05) is 25.1 Å². The molecule has 1 N–H and O–H groups in total. The van der Waals surface area contributed by atoms with Crippen LogP contribution in [0.25, 0.3) is 21.7 Å². The second-order valence-corrected chi connectivity index (χ2v) is 8.94. The summed E-state index contributed by atoms with van der Waals surface area (Å²) >= 11 is 3.03. The smallest absolute Gasteiger partial charge is 0.347 e. The lowest BCUT2D eigenvalue weighted by molar-refractivity contribution is 0.102. The third kappa shape index (κ3) is 2.71. The van der Waals surface area contributed by atoms with Crippen molar-refractivity contribution in [2.24, 2.45) is 5.92 Å². The van der Waals surface area contributed by atoms with Gasteiger partial charge in [0.1, 0.15) is 16.0 Å². The topological polar surface area (TPSA) is 59.3 Å². The predicted octanol–water partition coefficient (Wildman–Crippen LogP) is 5.45. The summed E-state index contributed by atoms with van der Waals surface area (Å²) in [5.74, 6) is 0.532. The van der Waals surface area contributed by atoms with Gasteiger partial charge in [0.25, 0.3) is 5.91 Å². The highest BCUT2D eigenvalue weighted by molar-refractivity contribution is 7.16. The zero-order valence-electron chi connectivity index (χ0n) is 14.7. The van der Waals surface area contributed by atoms with Crippen LogP contribution in [0.2, 0.25) is 0 Å². The number of hydrogen-bond acceptors (Lipinski definition) is 5. The molecule has 136 valence electrons. The van der Waals surface area contributed by atoms with Gasteiger partial charge in [0.2, 0.25) is 0 Å². The highest BCUT2D eigenvalue weighted by Gasteiger charge is 2.24. The predicted molar refractivity (Wildman–Crippen MR) is 111 cm³/mol. The highest BCUT2D eigenvalue weighted by Crippen LogP contribution is 2.36. The Kier molecular flexibility index (Phi) is 3.91. The van der Waals surface area contributed by atoms with Crippen molar-refractivity contribution in [1.82, 2.24) is 0 Å². The number of anilines is 1. The molecule has 0 saturated carbocycles. The van der Waals surface area contributed by atoms with Gasteiger partial charge in [0.05, 0.1) is 5.56 Å². The Morgan fingerprint density at radius 2 is 2.04 bits per heavy atom. The van der Waals surface area contributed by atoms with E-state index in [0.29, 0.717) is 21.9 Å². The highest BCUT2D eigenvalue weighted by atomic mass is 32.1. The van der Waals surface area contributed by atoms with Crippen molar-refractivity contribution in [2.45, 2.75) is 26.2 Å². The Morgan fingerprint density at radius 3 is 2.93 bits per heavy atom. The van der Waals surface area contributed by atoms with Gasteiger partial charge in [-0.2, -0.15) is 0 Å². The summed E-state index contributed by atoms with van der Waals surface area (Å²) in [6, 6.07) is 7.46. The van der Waals surface area contributed by atoms with E-state index in [-0.39, 0.29) is 5.91 Å². The normalized spacial score (nSPS) is 16.6. The number of benzene rings is 1. The van der Waals surface area contributed by atoms with Crippen molar-refractivity contribution < 1.29 is 9.21 Å². The van der Waals surface area contributed by atoms with E-state index in [1.54, 1.807) is 17.4 Å². The quantitative estimate of drug-likeness (QED) is 0.459. The minimum absolute atomic E-state index is 0.140. The Morgan fingerprint density at radius 1 is 1.19 bits per heavy atom. The van der Waals surface area contributed by atoms with Crippen molar-refractivity contribution >= 4 is 55.3 Å². The Labute approximate surface area is 163 Å². The van der Waals surface area contributed by atoms with E-state index in [1.807, 2.05) is 29.0 Å². The molecule has 1 aliphatic carbocycles. The van der Waals surface area contributed by atoms with Crippen LogP contribution >= 0.6 is 22.7 Å². The molecule has 27 heavy (non-hydrogen) atoms. The monoisotopic (exact) mass is 395 g/mol. The molecule has 3 heterocycles. The zero-order valence-corrected chi connectivity index (χ0v) is 16.3. The van der Waals surface area contributed by atoms with Gasteiger partial charge in [-0.25, -0.2) is 4.79 Å². The summed E-state index contributed by atoms with van der Waals surface area (Å²) in [5, 5.41) is 9.53. The van der Waals surface area contributed by atoms with Crippen LogP contribution < -0.4 is 10.9 Å². The summed E-state index contributed by atoms with van der Waals surface area (Å²) in [6.07, 6.45) is 3.10. The van der Waals surface area contributed by atoms with Crippen LogP contribution in [0.1, 0.15) is 34.1 Å². The number of thiophene rings is 2. The lowest BCUT2D eigenvalue weighted by Gasteiger charge is -2.18. The number of amides is 1. The second kappa shape index (κ2) is 6.32. The maximum atomic E-state index is 12.9. The van der Waals surface area contributed by atoms with E-state index in [0.717, 1.165) is 35.6 Å². The van der Waals surface area contributed by atoms with Crippen LogP contribution in [0.4, 0.5) is 5.00 Å². The SMILES string of the molecule is C[C@H]1CCc2c(C(=O)Nc3scc4c3c(=O)oc3ccccc34)csc2C1. The molecule has 1 aliphatic rings. The first-order chi connectivity index (χ1) is 13.1. The lowest BCUT2D eigenvalue weighted by atomic mass is 9.88. The van der Waals surface area contributed by atoms with Crippen LogP contribution in [0.5, 0.6) is 0 Å². The minimum atomic E-state index is -0.415. The van der Waals surface area contributed by atoms with Crippen LogP contribution in [0, 0.1) is 5.92 Å². The largest absolute Gasteiger partial charge is 0.422 e. The summed E-state index contributed by atoms with van der Waals surface area (Å²) in [7, 11) is 0. The minimum Gasteiger partial charge on any atom is -0.422 e. The fraction of sp³-hybridized carbons (Fsp3) is 0.238. The fourth-order valence-corrected chi connectivity index (χ4v) is 6.01. The Bertz CT molecular complexity index is 1250. The van der Waals surface area contributed by atoms with Crippen molar-refractivity contribution in [3.05, 3.63) is 61.4 Å². The summed E-state index contributed by atoms with van der Waals surface area (Å²) in [4.78, 5) is 26.7. The third-order valence-electron chi connectivity index (χ3n) is 5.25. The molecule has 0 fully saturated rings. The molecular formula is C21H17NO3S2. The van der Waals surface area contributed by atoms with E-state index in [1.165, 1.54) is 21.8 Å². The Balaban J connectivity index is 1.55. The van der Waals surface area contributed by atoms with E-state index in [2.05, 4.69) is 12.2 Å². The van der Waals surface area contributed by atoms with Gasteiger partial charge in [0, 0.05) is 26.4 Å². The molecule has 1 atom stereocenters. The molecule has 3 aromatic heterocycles. The van der Waals surface area contributed by atoms with E-state index >= 15 is 0 Å². The summed E-state index contributed by atoms with van der Waals surface area (Å²) < 4.78 is 5.45. The summed E-state index contributed by atoms with van der Waals surface area (Å²) in [5.41, 5.74) is 2.07.